The number of carbonyl (C=O) groups is 3. The molecule has 148 valence electrons. The predicted octanol–water partition coefficient (Wildman–Crippen LogP) is 2.17. The van der Waals surface area contributed by atoms with Crippen LogP contribution in [0.2, 0.25) is 0 Å². The quantitative estimate of drug-likeness (QED) is 0.480. The van der Waals surface area contributed by atoms with Gasteiger partial charge in [0.25, 0.3) is 5.91 Å². The Kier molecular flexibility index (Phi) is 4.97. The maximum atomic E-state index is 12.1. The van der Waals surface area contributed by atoms with E-state index in [9.17, 15) is 19.2 Å². The Hall–Kier alpha value is -3.16. The van der Waals surface area contributed by atoms with Gasteiger partial charge in [0.1, 0.15) is 17.7 Å². The lowest BCUT2D eigenvalue weighted by atomic mass is 10.0. The molecule has 1 aromatic carbocycles. The van der Waals surface area contributed by atoms with E-state index < -0.39 is 23.2 Å². The second-order valence-corrected chi connectivity index (χ2v) is 7.40. The van der Waals surface area contributed by atoms with Crippen LogP contribution in [0.15, 0.2) is 27.4 Å². The summed E-state index contributed by atoms with van der Waals surface area (Å²) in [6.07, 6.45) is -0.132. The first-order chi connectivity index (χ1) is 13.1. The van der Waals surface area contributed by atoms with Crippen LogP contribution in [0.4, 0.5) is 4.79 Å². The monoisotopic (exact) mass is 386 g/mol. The molecule has 8 heteroatoms. The molecule has 28 heavy (non-hydrogen) atoms. The van der Waals surface area contributed by atoms with Crippen molar-refractivity contribution in [1.82, 2.24) is 10.2 Å². The van der Waals surface area contributed by atoms with Crippen LogP contribution in [0.1, 0.15) is 37.0 Å². The third-order valence-electron chi connectivity index (χ3n) is 4.89. The van der Waals surface area contributed by atoms with E-state index in [1.807, 2.05) is 26.0 Å². The third-order valence-corrected chi connectivity index (χ3v) is 4.89. The highest BCUT2D eigenvalue weighted by Crippen LogP contribution is 2.24. The van der Waals surface area contributed by atoms with Crippen molar-refractivity contribution in [2.24, 2.45) is 0 Å². The van der Waals surface area contributed by atoms with Crippen LogP contribution < -0.4 is 10.9 Å². The lowest BCUT2D eigenvalue weighted by Crippen LogP contribution is -2.40. The number of rotatable bonds is 5. The maximum Gasteiger partial charge on any atom is 0.336 e. The van der Waals surface area contributed by atoms with E-state index in [1.165, 1.54) is 6.07 Å². The molecule has 1 saturated heterocycles. The molecule has 3 rings (SSSR count). The van der Waals surface area contributed by atoms with Crippen molar-refractivity contribution < 1.29 is 23.5 Å². The molecule has 1 fully saturated rings. The van der Waals surface area contributed by atoms with E-state index in [0.717, 1.165) is 16.0 Å². The number of hydrogen-bond donors (Lipinski definition) is 1. The summed E-state index contributed by atoms with van der Waals surface area (Å²) in [6, 6.07) is 4.49. The predicted molar refractivity (Wildman–Crippen MR) is 101 cm³/mol. The standard InChI is InChI=1S/C20H22N2O6/c1-11-5-6-14-13(9-16(24)28-17(14)12(11)2)10-27-15(23)7-8-22-18(25)20(3,4)21-19(22)26/h5-6,9H,7-8,10H2,1-4H3,(H,21,26). The molecule has 1 aromatic heterocycles. The van der Waals surface area contributed by atoms with Crippen molar-refractivity contribution in [2.75, 3.05) is 6.54 Å². The molecule has 0 unspecified atom stereocenters. The fourth-order valence-corrected chi connectivity index (χ4v) is 3.10. The molecule has 2 heterocycles. The van der Waals surface area contributed by atoms with E-state index in [1.54, 1.807) is 13.8 Å². The van der Waals surface area contributed by atoms with Crippen molar-refractivity contribution in [3.8, 4) is 0 Å². The molecule has 0 aliphatic carbocycles. The van der Waals surface area contributed by atoms with Crippen molar-refractivity contribution in [2.45, 2.75) is 46.3 Å². The van der Waals surface area contributed by atoms with Gasteiger partial charge in [0.2, 0.25) is 0 Å². The number of ether oxygens (including phenoxy) is 1. The fourth-order valence-electron chi connectivity index (χ4n) is 3.10. The molecule has 8 nitrogen and oxygen atoms in total. The average Bonchev–Trinajstić information content (AvgIpc) is 2.82. The molecular formula is C20H22N2O6. The molecule has 0 atom stereocenters. The minimum Gasteiger partial charge on any atom is -0.461 e. The Morgan fingerprint density at radius 2 is 1.93 bits per heavy atom. The topological polar surface area (TPSA) is 106 Å². The van der Waals surface area contributed by atoms with Crippen LogP contribution in [0.25, 0.3) is 11.0 Å². The Bertz CT molecular complexity index is 1040. The number of benzene rings is 1. The largest absolute Gasteiger partial charge is 0.461 e. The zero-order valence-electron chi connectivity index (χ0n) is 16.3. The summed E-state index contributed by atoms with van der Waals surface area (Å²) < 4.78 is 10.5. The van der Waals surface area contributed by atoms with Crippen LogP contribution in [-0.2, 0) is 20.9 Å². The summed E-state index contributed by atoms with van der Waals surface area (Å²) in [4.78, 5) is 48.9. The van der Waals surface area contributed by atoms with E-state index in [2.05, 4.69) is 5.32 Å². The van der Waals surface area contributed by atoms with Crippen LogP contribution >= 0.6 is 0 Å². The minimum atomic E-state index is -0.978. The van der Waals surface area contributed by atoms with Gasteiger partial charge in [-0.3, -0.25) is 14.5 Å². The lowest BCUT2D eigenvalue weighted by molar-refractivity contribution is -0.145. The van der Waals surface area contributed by atoms with Gasteiger partial charge >= 0.3 is 17.6 Å². The van der Waals surface area contributed by atoms with Gasteiger partial charge in [0.05, 0.1) is 6.42 Å². The van der Waals surface area contributed by atoms with Gasteiger partial charge in [-0.15, -0.1) is 0 Å². The summed E-state index contributed by atoms with van der Waals surface area (Å²) in [7, 11) is 0. The Morgan fingerprint density at radius 3 is 2.57 bits per heavy atom. The Balaban J connectivity index is 1.67. The van der Waals surface area contributed by atoms with Gasteiger partial charge in [-0.1, -0.05) is 12.1 Å². The molecule has 1 N–H and O–H groups in total. The van der Waals surface area contributed by atoms with Crippen molar-refractivity contribution >= 4 is 28.9 Å². The summed E-state index contributed by atoms with van der Waals surface area (Å²) >= 11 is 0. The number of nitrogens with zero attached hydrogens (tertiary/aromatic N) is 1. The molecule has 0 spiro atoms. The number of urea groups is 1. The number of hydrogen-bond acceptors (Lipinski definition) is 6. The van der Waals surface area contributed by atoms with Gasteiger partial charge in [-0.25, -0.2) is 9.59 Å². The second-order valence-electron chi connectivity index (χ2n) is 7.40. The number of amides is 3. The molecule has 1 aliphatic heterocycles. The third kappa shape index (κ3) is 3.62. The van der Waals surface area contributed by atoms with Gasteiger partial charge in [-0.05, 0) is 38.8 Å². The fraction of sp³-hybridized carbons (Fsp3) is 0.400. The van der Waals surface area contributed by atoms with E-state index in [0.29, 0.717) is 16.5 Å². The molecule has 0 radical (unpaired) electrons. The highest BCUT2D eigenvalue weighted by molar-refractivity contribution is 6.06. The number of esters is 1. The van der Waals surface area contributed by atoms with Crippen molar-refractivity contribution in [3.05, 3.63) is 45.3 Å². The molecule has 2 aromatic rings. The first-order valence-electron chi connectivity index (χ1n) is 8.93. The lowest BCUT2D eigenvalue weighted by Gasteiger charge is -2.15. The number of imide groups is 1. The van der Waals surface area contributed by atoms with Gasteiger partial charge in [0, 0.05) is 23.6 Å². The molecule has 0 bridgehead atoms. The van der Waals surface area contributed by atoms with Crippen LogP contribution in [0, 0.1) is 13.8 Å². The average molecular weight is 386 g/mol. The van der Waals surface area contributed by atoms with E-state index in [4.69, 9.17) is 9.15 Å². The Morgan fingerprint density at radius 1 is 1.21 bits per heavy atom. The normalized spacial score (nSPS) is 15.8. The summed E-state index contributed by atoms with van der Waals surface area (Å²) in [5.74, 6) is -0.960. The van der Waals surface area contributed by atoms with Gasteiger partial charge in [0.15, 0.2) is 0 Å². The number of carbonyl (C=O) groups excluding carboxylic acids is 3. The van der Waals surface area contributed by atoms with Crippen molar-refractivity contribution in [1.29, 1.82) is 0 Å². The van der Waals surface area contributed by atoms with Gasteiger partial charge in [-0.2, -0.15) is 0 Å². The van der Waals surface area contributed by atoms with Crippen LogP contribution in [0.3, 0.4) is 0 Å². The first kappa shape index (κ1) is 19.6. The van der Waals surface area contributed by atoms with E-state index in [-0.39, 0.29) is 25.5 Å². The number of aryl methyl sites for hydroxylation is 2. The molecule has 3 amide bonds. The summed E-state index contributed by atoms with van der Waals surface area (Å²) in [6.45, 7) is 6.80. The first-order valence-corrected chi connectivity index (χ1v) is 8.93. The summed E-state index contributed by atoms with van der Waals surface area (Å²) in [5, 5.41) is 3.25. The highest BCUT2D eigenvalue weighted by atomic mass is 16.5. The molecule has 0 saturated carbocycles. The SMILES string of the molecule is Cc1ccc2c(COC(=O)CCN3C(=O)NC(C)(C)C3=O)cc(=O)oc2c1C. The minimum absolute atomic E-state index is 0.0666. The maximum absolute atomic E-state index is 12.1. The zero-order chi connectivity index (χ0) is 20.6. The van der Waals surface area contributed by atoms with Crippen LogP contribution in [-0.4, -0.2) is 34.9 Å². The van der Waals surface area contributed by atoms with Crippen LogP contribution in [0.5, 0.6) is 0 Å². The molecular weight excluding hydrogens is 364 g/mol. The van der Waals surface area contributed by atoms with Gasteiger partial charge < -0.3 is 14.5 Å². The number of fused-ring (bicyclic) bond motifs is 1. The molecule has 1 aliphatic rings. The summed E-state index contributed by atoms with van der Waals surface area (Å²) in [5.41, 5.74) is 1.35. The van der Waals surface area contributed by atoms with Crippen molar-refractivity contribution in [3.63, 3.8) is 0 Å². The highest BCUT2D eigenvalue weighted by Gasteiger charge is 2.44. The second kappa shape index (κ2) is 7.10. The Labute approximate surface area is 161 Å². The zero-order valence-corrected chi connectivity index (χ0v) is 16.3. The smallest absolute Gasteiger partial charge is 0.336 e. The van der Waals surface area contributed by atoms with E-state index >= 15 is 0 Å². The number of nitrogens with one attached hydrogen (secondary N) is 1.